The molecular formula is C13H15ClN4. The van der Waals surface area contributed by atoms with Crippen molar-refractivity contribution in [3.63, 3.8) is 0 Å². The molecule has 1 aromatic heterocycles. The van der Waals surface area contributed by atoms with Gasteiger partial charge in [-0.3, -0.25) is 0 Å². The molecule has 0 saturated heterocycles. The summed E-state index contributed by atoms with van der Waals surface area (Å²) in [5.74, 6) is 1.06. The molecule has 0 fully saturated rings. The second-order valence-corrected chi connectivity index (χ2v) is 4.56. The van der Waals surface area contributed by atoms with Gasteiger partial charge in [-0.05, 0) is 30.7 Å². The Morgan fingerprint density at radius 2 is 2.11 bits per heavy atom. The predicted octanol–water partition coefficient (Wildman–Crippen LogP) is 2.91. The molecule has 1 aromatic carbocycles. The Bertz CT molecular complexity index is 495. The van der Waals surface area contributed by atoms with Gasteiger partial charge in [-0.2, -0.15) is 4.98 Å². The highest BCUT2D eigenvalue weighted by Crippen LogP contribution is 2.24. The molecule has 2 N–H and O–H groups in total. The van der Waals surface area contributed by atoms with E-state index in [1.54, 1.807) is 12.3 Å². The van der Waals surface area contributed by atoms with Crippen LogP contribution in [0.4, 0.5) is 11.8 Å². The smallest absolute Gasteiger partial charge is 0.227 e. The molecule has 1 atom stereocenters. The predicted molar refractivity (Wildman–Crippen MR) is 74.7 cm³/mol. The zero-order valence-electron chi connectivity index (χ0n) is 10.3. The van der Waals surface area contributed by atoms with Gasteiger partial charge in [0.15, 0.2) is 0 Å². The van der Waals surface area contributed by atoms with Crippen LogP contribution < -0.4 is 10.6 Å². The second kappa shape index (κ2) is 5.23. The maximum atomic E-state index is 6.00. The third kappa shape index (κ3) is 2.71. The van der Waals surface area contributed by atoms with Crippen LogP contribution in [0.15, 0.2) is 36.5 Å². The molecule has 4 nitrogen and oxygen atoms in total. The number of hydrogen-bond donors (Lipinski definition) is 1. The summed E-state index contributed by atoms with van der Waals surface area (Å²) in [4.78, 5) is 10.4. The average Bonchev–Trinajstić information content (AvgIpc) is 2.37. The van der Waals surface area contributed by atoms with E-state index in [-0.39, 0.29) is 6.04 Å². The summed E-state index contributed by atoms with van der Waals surface area (Å²) in [6, 6.07) is 9.54. The highest BCUT2D eigenvalue weighted by Gasteiger charge is 2.14. The number of nitrogens with zero attached hydrogens (tertiary/aromatic N) is 3. The van der Waals surface area contributed by atoms with Crippen molar-refractivity contribution in [3.8, 4) is 0 Å². The van der Waals surface area contributed by atoms with E-state index in [2.05, 4.69) is 16.9 Å². The van der Waals surface area contributed by atoms with Gasteiger partial charge in [0, 0.05) is 18.3 Å². The third-order valence-electron chi connectivity index (χ3n) is 2.89. The maximum Gasteiger partial charge on any atom is 0.227 e. The largest absolute Gasteiger partial charge is 0.384 e. The minimum absolute atomic E-state index is 0.116. The van der Waals surface area contributed by atoms with E-state index in [0.717, 1.165) is 10.6 Å². The number of anilines is 2. The van der Waals surface area contributed by atoms with Gasteiger partial charge >= 0.3 is 0 Å². The minimum atomic E-state index is 0.116. The van der Waals surface area contributed by atoms with Crippen molar-refractivity contribution in [1.82, 2.24) is 9.97 Å². The zero-order chi connectivity index (χ0) is 13.1. The van der Waals surface area contributed by atoms with E-state index in [1.807, 2.05) is 36.2 Å². The molecule has 0 saturated carbocycles. The molecule has 1 unspecified atom stereocenters. The molecule has 0 aliphatic carbocycles. The van der Waals surface area contributed by atoms with Crippen molar-refractivity contribution in [2.75, 3.05) is 17.7 Å². The Kier molecular flexibility index (Phi) is 3.67. The van der Waals surface area contributed by atoms with Crippen LogP contribution in [-0.2, 0) is 0 Å². The lowest BCUT2D eigenvalue weighted by Gasteiger charge is -2.25. The number of nitrogen functional groups attached to an aromatic ring is 1. The van der Waals surface area contributed by atoms with Crippen molar-refractivity contribution < 1.29 is 0 Å². The van der Waals surface area contributed by atoms with Gasteiger partial charge in [0.05, 0.1) is 6.04 Å². The first-order valence-electron chi connectivity index (χ1n) is 5.65. The molecule has 0 aliphatic heterocycles. The van der Waals surface area contributed by atoms with Crippen LogP contribution in [0, 0.1) is 0 Å². The van der Waals surface area contributed by atoms with Gasteiger partial charge < -0.3 is 10.6 Å². The Morgan fingerprint density at radius 3 is 2.78 bits per heavy atom. The van der Waals surface area contributed by atoms with Gasteiger partial charge in [0.25, 0.3) is 0 Å². The van der Waals surface area contributed by atoms with Crippen molar-refractivity contribution in [2.24, 2.45) is 0 Å². The first-order chi connectivity index (χ1) is 8.58. The fourth-order valence-electron chi connectivity index (χ4n) is 1.70. The molecule has 0 aliphatic rings. The molecule has 94 valence electrons. The summed E-state index contributed by atoms with van der Waals surface area (Å²) in [6.07, 6.45) is 1.65. The van der Waals surface area contributed by atoms with Gasteiger partial charge in [0.1, 0.15) is 5.82 Å². The number of halogens is 1. The average molecular weight is 263 g/mol. The Balaban J connectivity index is 2.26. The fraction of sp³-hybridized carbons (Fsp3) is 0.231. The zero-order valence-corrected chi connectivity index (χ0v) is 11.1. The number of benzene rings is 1. The first kappa shape index (κ1) is 12.6. The Morgan fingerprint density at radius 1 is 1.33 bits per heavy atom. The van der Waals surface area contributed by atoms with Crippen LogP contribution in [0.5, 0.6) is 0 Å². The van der Waals surface area contributed by atoms with E-state index < -0.39 is 0 Å². The van der Waals surface area contributed by atoms with E-state index >= 15 is 0 Å². The topological polar surface area (TPSA) is 55.0 Å². The normalized spacial score (nSPS) is 12.2. The van der Waals surface area contributed by atoms with Gasteiger partial charge in [-0.1, -0.05) is 23.7 Å². The lowest BCUT2D eigenvalue weighted by Crippen LogP contribution is -2.23. The van der Waals surface area contributed by atoms with Crippen LogP contribution in [0.1, 0.15) is 18.5 Å². The van der Waals surface area contributed by atoms with E-state index in [4.69, 9.17) is 17.3 Å². The summed E-state index contributed by atoms with van der Waals surface area (Å²) in [7, 11) is 1.93. The second-order valence-electron chi connectivity index (χ2n) is 4.12. The minimum Gasteiger partial charge on any atom is -0.384 e. The van der Waals surface area contributed by atoms with Crippen LogP contribution in [-0.4, -0.2) is 17.0 Å². The highest BCUT2D eigenvalue weighted by molar-refractivity contribution is 6.30. The third-order valence-corrected chi connectivity index (χ3v) is 3.13. The molecule has 1 heterocycles. The van der Waals surface area contributed by atoms with Gasteiger partial charge in [0.2, 0.25) is 5.95 Å². The van der Waals surface area contributed by atoms with E-state index in [9.17, 15) is 0 Å². The Hall–Kier alpha value is -1.81. The van der Waals surface area contributed by atoms with Crippen molar-refractivity contribution in [2.45, 2.75) is 13.0 Å². The van der Waals surface area contributed by atoms with Crippen LogP contribution in [0.3, 0.4) is 0 Å². The molecule has 0 bridgehead atoms. The van der Waals surface area contributed by atoms with Crippen molar-refractivity contribution in [1.29, 1.82) is 0 Å². The first-order valence-corrected chi connectivity index (χ1v) is 6.02. The van der Waals surface area contributed by atoms with E-state index in [0.29, 0.717) is 11.8 Å². The van der Waals surface area contributed by atoms with Gasteiger partial charge in [-0.15, -0.1) is 0 Å². The van der Waals surface area contributed by atoms with Crippen LogP contribution in [0.25, 0.3) is 0 Å². The van der Waals surface area contributed by atoms with Crippen LogP contribution >= 0.6 is 11.6 Å². The standard InChI is InChI=1S/C13H15ClN4/c1-9(10-4-3-5-11(14)8-10)18(2)13-16-7-6-12(15)17-13/h3-9H,1-2H3,(H2,15,16,17). The summed E-state index contributed by atoms with van der Waals surface area (Å²) in [5, 5.41) is 0.723. The molecule has 0 amide bonds. The number of aromatic nitrogens is 2. The number of hydrogen-bond acceptors (Lipinski definition) is 4. The lowest BCUT2D eigenvalue weighted by atomic mass is 10.1. The molecule has 0 spiro atoms. The van der Waals surface area contributed by atoms with Crippen molar-refractivity contribution in [3.05, 3.63) is 47.1 Å². The van der Waals surface area contributed by atoms with Crippen LogP contribution in [0.2, 0.25) is 5.02 Å². The molecule has 0 radical (unpaired) electrons. The summed E-state index contributed by atoms with van der Waals surface area (Å²) in [6.45, 7) is 2.07. The summed E-state index contributed by atoms with van der Waals surface area (Å²) in [5.41, 5.74) is 6.77. The Labute approximate surface area is 111 Å². The SMILES string of the molecule is CC(c1cccc(Cl)c1)N(C)c1nccc(N)n1. The maximum absolute atomic E-state index is 6.00. The fourth-order valence-corrected chi connectivity index (χ4v) is 1.89. The number of rotatable bonds is 3. The molecule has 18 heavy (non-hydrogen) atoms. The quantitative estimate of drug-likeness (QED) is 0.924. The molecule has 2 aromatic rings. The molecule has 5 heteroatoms. The van der Waals surface area contributed by atoms with Gasteiger partial charge in [-0.25, -0.2) is 4.98 Å². The lowest BCUT2D eigenvalue weighted by molar-refractivity contribution is 0.716. The van der Waals surface area contributed by atoms with Crippen molar-refractivity contribution >= 4 is 23.4 Å². The molecule has 2 rings (SSSR count). The number of nitrogens with two attached hydrogens (primary N) is 1. The molecular weight excluding hydrogens is 248 g/mol. The monoisotopic (exact) mass is 262 g/mol. The summed E-state index contributed by atoms with van der Waals surface area (Å²) < 4.78 is 0. The van der Waals surface area contributed by atoms with E-state index in [1.165, 1.54) is 0 Å². The highest BCUT2D eigenvalue weighted by atomic mass is 35.5. The summed E-state index contributed by atoms with van der Waals surface area (Å²) >= 11 is 6.00.